The molecule has 0 radical (unpaired) electrons. The number of fused-ring (bicyclic) bond motifs is 1. The van der Waals surface area contributed by atoms with Crippen LogP contribution in [0.4, 0.5) is 0 Å². The summed E-state index contributed by atoms with van der Waals surface area (Å²) in [5.41, 5.74) is -0.363. The number of hydrogen-bond donors (Lipinski definition) is 1. The fourth-order valence-corrected chi connectivity index (χ4v) is 3.60. The molecule has 2 atom stereocenters. The molecule has 0 amide bonds. The summed E-state index contributed by atoms with van der Waals surface area (Å²) < 4.78 is 0. The summed E-state index contributed by atoms with van der Waals surface area (Å²) in [4.78, 5) is 5.16. The van der Waals surface area contributed by atoms with Crippen molar-refractivity contribution in [2.24, 2.45) is 0 Å². The molecule has 3 fully saturated rings. The van der Waals surface area contributed by atoms with E-state index in [9.17, 15) is 5.26 Å². The Kier molecular flexibility index (Phi) is 3.79. The molecule has 2 saturated heterocycles. The van der Waals surface area contributed by atoms with E-state index < -0.39 is 0 Å². The average molecular weight is 262 g/mol. The Balaban J connectivity index is 1.55. The number of hydrogen-bond acceptors (Lipinski definition) is 4. The van der Waals surface area contributed by atoms with E-state index in [1.807, 2.05) is 0 Å². The highest BCUT2D eigenvalue weighted by Crippen LogP contribution is 2.25. The Morgan fingerprint density at radius 3 is 2.79 bits per heavy atom. The SMILES string of the molecule is CC(C#N)(CN1CCN2CCCCC2C1)NC1CC1. The Bertz CT molecular complexity index is 360. The fourth-order valence-electron chi connectivity index (χ4n) is 3.60. The summed E-state index contributed by atoms with van der Waals surface area (Å²) in [7, 11) is 0. The maximum Gasteiger partial charge on any atom is 0.116 e. The second kappa shape index (κ2) is 5.40. The maximum absolute atomic E-state index is 9.48. The van der Waals surface area contributed by atoms with E-state index in [4.69, 9.17) is 0 Å². The highest BCUT2D eigenvalue weighted by atomic mass is 15.3. The zero-order valence-corrected chi connectivity index (χ0v) is 12.1. The van der Waals surface area contributed by atoms with Crippen LogP contribution in [0.25, 0.3) is 0 Å². The quantitative estimate of drug-likeness (QED) is 0.826. The second-order valence-electron chi connectivity index (χ2n) is 6.78. The molecule has 3 aliphatic rings. The van der Waals surface area contributed by atoms with Gasteiger partial charge in [0.1, 0.15) is 5.54 Å². The minimum absolute atomic E-state index is 0.363. The molecule has 106 valence electrons. The first kappa shape index (κ1) is 13.4. The number of rotatable bonds is 4. The van der Waals surface area contributed by atoms with Crippen molar-refractivity contribution in [1.29, 1.82) is 5.26 Å². The smallest absolute Gasteiger partial charge is 0.116 e. The lowest BCUT2D eigenvalue weighted by Gasteiger charge is -2.45. The number of nitrogens with one attached hydrogen (secondary N) is 1. The highest BCUT2D eigenvalue weighted by molar-refractivity contribution is 5.09. The molecule has 2 unspecified atom stereocenters. The van der Waals surface area contributed by atoms with E-state index in [1.54, 1.807) is 0 Å². The molecular formula is C15H26N4. The summed E-state index contributed by atoms with van der Waals surface area (Å²) in [5, 5.41) is 13.0. The van der Waals surface area contributed by atoms with Gasteiger partial charge in [-0.15, -0.1) is 0 Å². The Hall–Kier alpha value is -0.630. The second-order valence-corrected chi connectivity index (χ2v) is 6.78. The third-order valence-electron chi connectivity index (χ3n) is 4.81. The Morgan fingerprint density at radius 1 is 1.21 bits per heavy atom. The Labute approximate surface area is 116 Å². The van der Waals surface area contributed by atoms with E-state index in [1.165, 1.54) is 45.2 Å². The molecule has 1 saturated carbocycles. The molecule has 4 heteroatoms. The molecule has 2 heterocycles. The maximum atomic E-state index is 9.48. The summed E-state index contributed by atoms with van der Waals surface area (Å²) in [6.07, 6.45) is 6.58. The largest absolute Gasteiger partial charge is 0.298 e. The molecule has 0 aromatic rings. The third-order valence-corrected chi connectivity index (χ3v) is 4.81. The van der Waals surface area contributed by atoms with Crippen LogP contribution < -0.4 is 5.32 Å². The molecule has 1 N–H and O–H groups in total. The van der Waals surface area contributed by atoms with Crippen LogP contribution in [0.15, 0.2) is 0 Å². The van der Waals surface area contributed by atoms with Crippen molar-refractivity contribution in [3.8, 4) is 6.07 Å². The van der Waals surface area contributed by atoms with Gasteiger partial charge in [-0.2, -0.15) is 5.26 Å². The lowest BCUT2D eigenvalue weighted by molar-refractivity contribution is 0.0409. The van der Waals surface area contributed by atoms with Crippen molar-refractivity contribution in [3.05, 3.63) is 0 Å². The molecule has 1 aliphatic carbocycles. The predicted octanol–water partition coefficient (Wildman–Crippen LogP) is 1.19. The fraction of sp³-hybridized carbons (Fsp3) is 0.933. The van der Waals surface area contributed by atoms with E-state index in [0.29, 0.717) is 6.04 Å². The van der Waals surface area contributed by atoms with E-state index in [-0.39, 0.29) is 5.54 Å². The van der Waals surface area contributed by atoms with Gasteiger partial charge in [0.05, 0.1) is 6.07 Å². The first-order valence-corrected chi connectivity index (χ1v) is 7.84. The molecule has 2 aliphatic heterocycles. The minimum atomic E-state index is -0.363. The normalized spacial score (nSPS) is 32.3. The van der Waals surface area contributed by atoms with Crippen LogP contribution in [0.1, 0.15) is 39.0 Å². The van der Waals surface area contributed by atoms with Gasteiger partial charge in [-0.05, 0) is 39.2 Å². The van der Waals surface area contributed by atoms with Crippen molar-refractivity contribution in [3.63, 3.8) is 0 Å². The Morgan fingerprint density at radius 2 is 2.05 bits per heavy atom. The van der Waals surface area contributed by atoms with Gasteiger partial charge in [0.25, 0.3) is 0 Å². The van der Waals surface area contributed by atoms with Crippen molar-refractivity contribution < 1.29 is 0 Å². The highest BCUT2D eigenvalue weighted by Gasteiger charge is 2.36. The number of nitriles is 1. The van der Waals surface area contributed by atoms with Crippen molar-refractivity contribution in [1.82, 2.24) is 15.1 Å². The summed E-state index contributed by atoms with van der Waals surface area (Å²) in [6.45, 7) is 7.70. The summed E-state index contributed by atoms with van der Waals surface area (Å²) in [5.74, 6) is 0. The third kappa shape index (κ3) is 3.28. The van der Waals surface area contributed by atoms with Crippen LogP contribution in [0, 0.1) is 11.3 Å². The van der Waals surface area contributed by atoms with Crippen LogP contribution in [-0.2, 0) is 0 Å². The average Bonchev–Trinajstić information content (AvgIpc) is 3.22. The van der Waals surface area contributed by atoms with E-state index in [0.717, 1.165) is 25.7 Å². The van der Waals surface area contributed by atoms with Crippen LogP contribution in [0.2, 0.25) is 0 Å². The molecule has 4 nitrogen and oxygen atoms in total. The number of nitrogens with zero attached hydrogens (tertiary/aromatic N) is 3. The van der Waals surface area contributed by atoms with Crippen LogP contribution in [0.5, 0.6) is 0 Å². The van der Waals surface area contributed by atoms with Gasteiger partial charge in [0.15, 0.2) is 0 Å². The first-order valence-electron chi connectivity index (χ1n) is 7.84. The van der Waals surface area contributed by atoms with Crippen LogP contribution in [-0.4, -0.2) is 60.1 Å². The van der Waals surface area contributed by atoms with Gasteiger partial charge in [0, 0.05) is 38.3 Å². The predicted molar refractivity (Wildman–Crippen MR) is 75.8 cm³/mol. The molecule has 0 bridgehead atoms. The summed E-state index contributed by atoms with van der Waals surface area (Å²) >= 11 is 0. The standard InChI is InChI=1S/C15H26N4/c1-15(11-16,17-13-5-6-13)12-18-8-9-19-7-3-2-4-14(19)10-18/h13-14,17H,2-10,12H2,1H3. The van der Waals surface area contributed by atoms with Crippen molar-refractivity contribution >= 4 is 0 Å². The molecule has 3 rings (SSSR count). The monoisotopic (exact) mass is 262 g/mol. The van der Waals surface area contributed by atoms with Crippen LogP contribution >= 0.6 is 0 Å². The molecule has 0 aromatic carbocycles. The topological polar surface area (TPSA) is 42.3 Å². The van der Waals surface area contributed by atoms with Crippen molar-refractivity contribution in [2.75, 3.05) is 32.7 Å². The molecular weight excluding hydrogens is 236 g/mol. The zero-order valence-electron chi connectivity index (χ0n) is 12.1. The van der Waals surface area contributed by atoms with Gasteiger partial charge >= 0.3 is 0 Å². The van der Waals surface area contributed by atoms with Gasteiger partial charge in [-0.3, -0.25) is 15.1 Å². The number of piperazine rings is 1. The van der Waals surface area contributed by atoms with Gasteiger partial charge < -0.3 is 0 Å². The zero-order chi connectivity index (χ0) is 13.3. The molecule has 0 spiro atoms. The molecule has 19 heavy (non-hydrogen) atoms. The lowest BCUT2D eigenvalue weighted by atomic mass is 9.97. The van der Waals surface area contributed by atoms with Crippen molar-refractivity contribution in [2.45, 2.75) is 56.7 Å². The van der Waals surface area contributed by atoms with E-state index >= 15 is 0 Å². The van der Waals surface area contributed by atoms with Gasteiger partial charge in [-0.25, -0.2) is 0 Å². The number of piperidine rings is 1. The van der Waals surface area contributed by atoms with E-state index in [2.05, 4.69) is 28.1 Å². The lowest BCUT2D eigenvalue weighted by Crippen LogP contribution is -2.59. The summed E-state index contributed by atoms with van der Waals surface area (Å²) in [6, 6.07) is 3.84. The van der Waals surface area contributed by atoms with Gasteiger partial charge in [0.2, 0.25) is 0 Å². The minimum Gasteiger partial charge on any atom is -0.298 e. The van der Waals surface area contributed by atoms with Gasteiger partial charge in [-0.1, -0.05) is 6.42 Å². The van der Waals surface area contributed by atoms with Crippen LogP contribution in [0.3, 0.4) is 0 Å². The first-order chi connectivity index (χ1) is 9.18. The molecule has 0 aromatic heterocycles.